The van der Waals surface area contributed by atoms with Crippen molar-refractivity contribution in [1.82, 2.24) is 0 Å². The first-order chi connectivity index (χ1) is 10.3. The summed E-state index contributed by atoms with van der Waals surface area (Å²) < 4.78 is 27.4. The Bertz CT molecular complexity index is 687. The van der Waals surface area contributed by atoms with Crippen LogP contribution in [0.1, 0.15) is 0 Å². The molecule has 0 unspecified atom stereocenters. The summed E-state index contributed by atoms with van der Waals surface area (Å²) in [6.07, 6.45) is 0. The normalized spacial score (nSPS) is 10.8. The van der Waals surface area contributed by atoms with E-state index in [4.69, 9.17) is 0 Å². The smallest absolute Gasteiger partial charge is 0.202 e. The van der Waals surface area contributed by atoms with Crippen LogP contribution in [-0.4, -0.2) is 0 Å². The van der Waals surface area contributed by atoms with Crippen LogP contribution in [0.4, 0.5) is 8.78 Å². The lowest BCUT2D eigenvalue weighted by molar-refractivity contribution is 0.565. The van der Waals surface area contributed by atoms with Gasteiger partial charge >= 0.3 is 0 Å². The van der Waals surface area contributed by atoms with E-state index in [9.17, 15) is 8.78 Å². The zero-order valence-corrected chi connectivity index (χ0v) is 12.0. The first-order valence-electron chi connectivity index (χ1n) is 6.55. The van der Waals surface area contributed by atoms with Gasteiger partial charge in [0.1, 0.15) is 16.7 Å². The second-order valence-corrected chi connectivity index (χ2v) is 6.50. The molecule has 0 N–H and O–H groups in total. The van der Waals surface area contributed by atoms with Gasteiger partial charge in [0, 0.05) is 12.1 Å². The largest absolute Gasteiger partial charge is 0.207 e. The first kappa shape index (κ1) is 13.8. The Morgan fingerprint density at radius 1 is 0.619 bits per heavy atom. The van der Waals surface area contributed by atoms with Crippen LogP contribution >= 0.6 is 0 Å². The molecule has 0 nitrogen and oxygen atoms in total. The van der Waals surface area contributed by atoms with E-state index in [1.54, 1.807) is 0 Å². The molecular weight excluding hydrogens is 286 g/mol. The van der Waals surface area contributed by atoms with E-state index in [-0.39, 0.29) is 0 Å². The molecule has 3 aromatic rings. The molecule has 0 saturated carbocycles. The summed E-state index contributed by atoms with van der Waals surface area (Å²) in [5, 5.41) is 0. The van der Waals surface area contributed by atoms with Gasteiger partial charge in [-0.2, -0.15) is 0 Å². The second-order valence-electron chi connectivity index (χ2n) is 4.51. The van der Waals surface area contributed by atoms with Crippen LogP contribution in [0.25, 0.3) is 0 Å². The van der Waals surface area contributed by atoms with Gasteiger partial charge in [-0.25, -0.2) is 8.78 Å². The van der Waals surface area contributed by atoms with Gasteiger partial charge in [0.25, 0.3) is 0 Å². The van der Waals surface area contributed by atoms with Crippen LogP contribution in [0.15, 0.2) is 93.5 Å². The van der Waals surface area contributed by atoms with Gasteiger partial charge < -0.3 is 0 Å². The van der Waals surface area contributed by atoms with Crippen molar-refractivity contribution in [3.05, 3.63) is 90.5 Å². The molecule has 0 radical (unpaired) electrons. The molecule has 0 heterocycles. The minimum Gasteiger partial charge on any atom is -0.207 e. The third-order valence-electron chi connectivity index (χ3n) is 3.07. The molecule has 0 bridgehead atoms. The minimum atomic E-state index is -0.576. The number of halogens is 2. The van der Waals surface area contributed by atoms with E-state index >= 15 is 0 Å². The van der Waals surface area contributed by atoms with E-state index in [2.05, 4.69) is 0 Å². The van der Waals surface area contributed by atoms with Crippen molar-refractivity contribution < 1.29 is 8.78 Å². The van der Waals surface area contributed by atoms with Gasteiger partial charge in [-0.05, 0) is 30.3 Å². The van der Waals surface area contributed by atoms with Crippen molar-refractivity contribution in [3.8, 4) is 0 Å². The molecule has 0 aromatic heterocycles. The highest BCUT2D eigenvalue weighted by atomic mass is 32.2. The Morgan fingerprint density at radius 2 is 1.14 bits per heavy atom. The Balaban J connectivity index is 2.17. The van der Waals surface area contributed by atoms with Gasteiger partial charge in [0.2, 0.25) is 4.90 Å². The fourth-order valence-corrected chi connectivity index (χ4v) is 4.24. The zero-order valence-electron chi connectivity index (χ0n) is 11.2. The van der Waals surface area contributed by atoms with Crippen molar-refractivity contribution in [1.29, 1.82) is 0 Å². The standard InChI is InChI=1S/C18H13F2S/c19-14-11-12-18(17(20)13-14)21(15-7-3-1-4-8-15)16-9-5-2-6-10-16/h1-13H/q+1. The molecule has 0 aliphatic carbocycles. The summed E-state index contributed by atoms with van der Waals surface area (Å²) in [5.74, 6) is -1.06. The highest BCUT2D eigenvalue weighted by Gasteiger charge is 2.31. The first-order valence-corrected chi connectivity index (χ1v) is 7.77. The van der Waals surface area contributed by atoms with Crippen LogP contribution in [0.5, 0.6) is 0 Å². The average Bonchev–Trinajstić information content (AvgIpc) is 2.52. The quantitative estimate of drug-likeness (QED) is 0.593. The summed E-state index contributed by atoms with van der Waals surface area (Å²) in [6, 6.07) is 23.3. The maximum absolute atomic E-state index is 14.2. The number of hydrogen-bond acceptors (Lipinski definition) is 0. The summed E-state index contributed by atoms with van der Waals surface area (Å²) in [5.41, 5.74) is 0. The Labute approximate surface area is 125 Å². The molecule has 3 heteroatoms. The predicted molar refractivity (Wildman–Crippen MR) is 81.4 cm³/mol. The van der Waals surface area contributed by atoms with Crippen molar-refractivity contribution in [3.63, 3.8) is 0 Å². The van der Waals surface area contributed by atoms with Crippen molar-refractivity contribution in [2.75, 3.05) is 0 Å². The molecular formula is C18H13F2S+. The maximum atomic E-state index is 14.2. The van der Waals surface area contributed by atoms with Gasteiger partial charge in [-0.15, -0.1) is 0 Å². The topological polar surface area (TPSA) is 0 Å². The molecule has 3 rings (SSSR count). The summed E-state index contributed by atoms with van der Waals surface area (Å²) >= 11 is 0. The van der Waals surface area contributed by atoms with Gasteiger partial charge in [0.15, 0.2) is 15.6 Å². The number of benzene rings is 3. The molecule has 0 aliphatic heterocycles. The van der Waals surface area contributed by atoms with E-state index in [0.29, 0.717) is 4.90 Å². The molecule has 3 aromatic carbocycles. The van der Waals surface area contributed by atoms with Gasteiger partial charge in [0.05, 0.1) is 0 Å². The summed E-state index contributed by atoms with van der Waals surface area (Å²) in [6.45, 7) is 0. The molecule has 0 aliphatic rings. The average molecular weight is 299 g/mol. The fourth-order valence-electron chi connectivity index (χ4n) is 2.14. The van der Waals surface area contributed by atoms with E-state index in [0.717, 1.165) is 15.9 Å². The molecule has 21 heavy (non-hydrogen) atoms. The van der Waals surface area contributed by atoms with Crippen LogP contribution < -0.4 is 0 Å². The number of hydrogen-bond donors (Lipinski definition) is 0. The second kappa shape index (κ2) is 6.10. The Hall–Kier alpha value is -2.13. The lowest BCUT2D eigenvalue weighted by Crippen LogP contribution is -2.07. The molecule has 0 saturated heterocycles. The van der Waals surface area contributed by atoms with E-state index in [1.807, 2.05) is 60.7 Å². The minimum absolute atomic E-state index is 0.508. The van der Waals surface area contributed by atoms with Crippen LogP contribution in [0.3, 0.4) is 0 Å². The molecule has 0 spiro atoms. The summed E-state index contributed by atoms with van der Waals surface area (Å²) in [7, 11) is -0.576. The van der Waals surface area contributed by atoms with Crippen molar-refractivity contribution in [2.24, 2.45) is 0 Å². The van der Waals surface area contributed by atoms with Crippen molar-refractivity contribution >= 4 is 10.9 Å². The molecule has 0 atom stereocenters. The van der Waals surface area contributed by atoms with E-state index < -0.39 is 22.5 Å². The van der Waals surface area contributed by atoms with E-state index in [1.165, 1.54) is 12.1 Å². The lowest BCUT2D eigenvalue weighted by Gasteiger charge is -2.08. The Kier molecular flexibility index (Phi) is 4.02. The molecule has 0 amide bonds. The highest BCUT2D eigenvalue weighted by Crippen LogP contribution is 2.32. The predicted octanol–water partition coefficient (Wildman–Crippen LogP) is 5.06. The third kappa shape index (κ3) is 2.98. The van der Waals surface area contributed by atoms with Crippen molar-refractivity contribution in [2.45, 2.75) is 14.7 Å². The monoisotopic (exact) mass is 299 g/mol. The van der Waals surface area contributed by atoms with Gasteiger partial charge in [-0.1, -0.05) is 36.4 Å². The summed E-state index contributed by atoms with van der Waals surface area (Å²) in [4.78, 5) is 2.53. The third-order valence-corrected chi connectivity index (χ3v) is 5.33. The fraction of sp³-hybridized carbons (Fsp3) is 0. The van der Waals surface area contributed by atoms with Crippen LogP contribution in [0.2, 0.25) is 0 Å². The van der Waals surface area contributed by atoms with Gasteiger partial charge in [-0.3, -0.25) is 0 Å². The number of rotatable bonds is 3. The highest BCUT2D eigenvalue weighted by molar-refractivity contribution is 7.97. The Morgan fingerprint density at radius 3 is 1.62 bits per heavy atom. The molecule has 104 valence electrons. The molecule has 0 fully saturated rings. The lowest BCUT2D eigenvalue weighted by atomic mass is 10.3. The SMILES string of the molecule is Fc1ccc([S+](c2ccccc2)c2ccccc2)c(F)c1. The van der Waals surface area contributed by atoms with Crippen LogP contribution in [0, 0.1) is 11.6 Å². The zero-order chi connectivity index (χ0) is 14.7. The van der Waals surface area contributed by atoms with Crippen LogP contribution in [-0.2, 0) is 10.9 Å². The maximum Gasteiger partial charge on any atom is 0.202 e.